The van der Waals surface area contributed by atoms with Gasteiger partial charge in [0.15, 0.2) is 0 Å². The number of aromatic nitrogens is 1. The van der Waals surface area contributed by atoms with Crippen molar-refractivity contribution in [3.63, 3.8) is 0 Å². The van der Waals surface area contributed by atoms with Crippen molar-refractivity contribution in [2.24, 2.45) is 0 Å². The molecule has 178 valence electrons. The third-order valence-electron chi connectivity index (χ3n) is 6.60. The molecule has 2 N–H and O–H groups in total. The Morgan fingerprint density at radius 1 is 0.971 bits per heavy atom. The fraction of sp³-hybridized carbons (Fsp3) is 0.267. The smallest absolute Gasteiger partial charge is 0.274 e. The molecule has 0 bridgehead atoms. The molecule has 5 nitrogen and oxygen atoms in total. The minimum Gasteiger partial charge on any atom is -0.378 e. The number of fused-ring (bicyclic) bond motifs is 1. The molecule has 0 spiro atoms. The zero-order chi connectivity index (χ0) is 24.2. The van der Waals surface area contributed by atoms with Crippen LogP contribution >= 0.6 is 0 Å². The maximum atomic E-state index is 12.9. The molecule has 1 aliphatic rings. The van der Waals surface area contributed by atoms with Crippen LogP contribution in [0.2, 0.25) is 0 Å². The molecule has 5 heteroatoms. The van der Waals surface area contributed by atoms with Gasteiger partial charge in [0.1, 0.15) is 5.69 Å². The van der Waals surface area contributed by atoms with E-state index in [0.717, 1.165) is 53.7 Å². The second kappa shape index (κ2) is 10.4. The fourth-order valence-corrected chi connectivity index (χ4v) is 4.52. The van der Waals surface area contributed by atoms with E-state index in [1.165, 1.54) is 11.1 Å². The average Bonchev–Trinajstić information content (AvgIpc) is 2.88. The summed E-state index contributed by atoms with van der Waals surface area (Å²) in [6.45, 7) is 5.83. The van der Waals surface area contributed by atoms with Crippen molar-refractivity contribution in [1.29, 1.82) is 0 Å². The van der Waals surface area contributed by atoms with Crippen molar-refractivity contribution >= 4 is 22.5 Å². The van der Waals surface area contributed by atoms with Crippen LogP contribution in [0.15, 0.2) is 78.9 Å². The Morgan fingerprint density at radius 3 is 2.49 bits per heavy atom. The number of ether oxygens (including phenoxy) is 1. The highest BCUT2D eigenvalue weighted by atomic mass is 16.5. The second-order valence-electron chi connectivity index (χ2n) is 9.40. The number of carbonyl (C=O) groups is 1. The molecule has 0 saturated carbocycles. The second-order valence-corrected chi connectivity index (χ2v) is 9.40. The molecule has 1 aromatic heterocycles. The summed E-state index contributed by atoms with van der Waals surface area (Å²) < 4.78 is 5.62. The van der Waals surface area contributed by atoms with Gasteiger partial charge >= 0.3 is 0 Å². The van der Waals surface area contributed by atoms with Crippen molar-refractivity contribution in [3.8, 4) is 11.1 Å². The summed E-state index contributed by atoms with van der Waals surface area (Å²) in [5.41, 5.74) is 6.60. The Hall–Kier alpha value is -3.54. The zero-order valence-corrected chi connectivity index (χ0v) is 20.3. The standard InChI is InChI=1S/C30H31N3O2/c1-20-3-7-23(8-4-20)25-10-9-24-11-14-28(33-29(24)18-25)30(34)32-26-12-5-22(6-13-26)19-31-27-15-16-35-21(2)17-27/h3-14,18,21,27,31H,15-17,19H2,1-2H3,(H,32,34). The highest BCUT2D eigenvalue weighted by Gasteiger charge is 2.18. The van der Waals surface area contributed by atoms with Crippen LogP contribution in [0.4, 0.5) is 5.69 Å². The predicted molar refractivity (Wildman–Crippen MR) is 142 cm³/mol. The van der Waals surface area contributed by atoms with Gasteiger partial charge in [0.05, 0.1) is 11.6 Å². The molecule has 1 amide bonds. The van der Waals surface area contributed by atoms with Gasteiger partial charge < -0.3 is 15.4 Å². The van der Waals surface area contributed by atoms with Crippen LogP contribution in [0.5, 0.6) is 0 Å². The first kappa shape index (κ1) is 23.2. The Labute approximate surface area is 206 Å². The largest absolute Gasteiger partial charge is 0.378 e. The summed E-state index contributed by atoms with van der Waals surface area (Å²) in [7, 11) is 0. The van der Waals surface area contributed by atoms with Gasteiger partial charge in [0.2, 0.25) is 0 Å². The Bertz CT molecular complexity index is 1320. The van der Waals surface area contributed by atoms with Crippen LogP contribution in [0.25, 0.3) is 22.0 Å². The molecule has 5 rings (SSSR count). The van der Waals surface area contributed by atoms with Crippen molar-refractivity contribution in [2.75, 3.05) is 11.9 Å². The van der Waals surface area contributed by atoms with Gasteiger partial charge in [-0.25, -0.2) is 4.98 Å². The van der Waals surface area contributed by atoms with E-state index in [2.05, 4.69) is 59.8 Å². The van der Waals surface area contributed by atoms with Gasteiger partial charge in [0.25, 0.3) is 5.91 Å². The number of hydrogen-bond donors (Lipinski definition) is 2. The van der Waals surface area contributed by atoms with Crippen LogP contribution < -0.4 is 10.6 Å². The molecular weight excluding hydrogens is 434 g/mol. The van der Waals surface area contributed by atoms with Crippen LogP contribution in [-0.2, 0) is 11.3 Å². The lowest BCUT2D eigenvalue weighted by atomic mass is 10.0. The molecule has 0 radical (unpaired) electrons. The summed E-state index contributed by atoms with van der Waals surface area (Å²) in [6.07, 6.45) is 2.40. The highest BCUT2D eigenvalue weighted by molar-refractivity contribution is 6.04. The molecule has 3 aromatic carbocycles. The van der Waals surface area contributed by atoms with Crippen molar-refractivity contribution in [2.45, 2.75) is 45.4 Å². The highest BCUT2D eigenvalue weighted by Crippen LogP contribution is 2.24. The summed E-state index contributed by atoms with van der Waals surface area (Å²) in [5.74, 6) is -0.213. The summed E-state index contributed by atoms with van der Waals surface area (Å²) in [4.78, 5) is 17.5. The first-order valence-corrected chi connectivity index (χ1v) is 12.3. The van der Waals surface area contributed by atoms with Gasteiger partial charge in [-0.3, -0.25) is 4.79 Å². The molecule has 4 aromatic rings. The number of anilines is 1. The Kier molecular flexibility index (Phi) is 6.89. The summed E-state index contributed by atoms with van der Waals surface area (Å²) in [6, 6.07) is 26.8. The maximum Gasteiger partial charge on any atom is 0.274 e. The quantitative estimate of drug-likeness (QED) is 0.360. The molecular formula is C30H31N3O2. The minimum absolute atomic E-state index is 0.213. The number of hydrogen-bond acceptors (Lipinski definition) is 4. The molecule has 2 unspecified atom stereocenters. The Morgan fingerprint density at radius 2 is 1.71 bits per heavy atom. The van der Waals surface area contributed by atoms with Gasteiger partial charge in [-0.15, -0.1) is 0 Å². The van der Waals surface area contributed by atoms with Gasteiger partial charge in [-0.1, -0.05) is 60.2 Å². The number of benzene rings is 3. The fourth-order valence-electron chi connectivity index (χ4n) is 4.52. The molecule has 1 saturated heterocycles. The predicted octanol–water partition coefficient (Wildman–Crippen LogP) is 6.12. The lowest BCUT2D eigenvalue weighted by Crippen LogP contribution is -2.37. The number of nitrogens with zero attached hydrogens (tertiary/aromatic N) is 1. The third kappa shape index (κ3) is 5.76. The van der Waals surface area contributed by atoms with E-state index >= 15 is 0 Å². The number of aryl methyl sites for hydroxylation is 1. The number of amides is 1. The lowest BCUT2D eigenvalue weighted by molar-refractivity contribution is 0.0130. The van der Waals surface area contributed by atoms with E-state index in [9.17, 15) is 4.79 Å². The van der Waals surface area contributed by atoms with Crippen LogP contribution in [-0.4, -0.2) is 29.6 Å². The number of rotatable bonds is 6. The molecule has 35 heavy (non-hydrogen) atoms. The minimum atomic E-state index is -0.213. The topological polar surface area (TPSA) is 63.2 Å². The molecule has 1 fully saturated rings. The summed E-state index contributed by atoms with van der Waals surface area (Å²) >= 11 is 0. The third-order valence-corrected chi connectivity index (χ3v) is 6.60. The van der Waals surface area contributed by atoms with E-state index in [0.29, 0.717) is 17.8 Å². The van der Waals surface area contributed by atoms with Crippen molar-refractivity contribution in [1.82, 2.24) is 10.3 Å². The first-order valence-electron chi connectivity index (χ1n) is 12.3. The van der Waals surface area contributed by atoms with E-state index in [-0.39, 0.29) is 5.91 Å². The Balaban J connectivity index is 1.24. The van der Waals surface area contributed by atoms with Gasteiger partial charge in [0, 0.05) is 30.3 Å². The molecule has 0 aliphatic carbocycles. The number of nitrogens with one attached hydrogen (secondary N) is 2. The van der Waals surface area contributed by atoms with Crippen LogP contribution in [0, 0.1) is 6.92 Å². The van der Waals surface area contributed by atoms with Crippen molar-refractivity contribution in [3.05, 3.63) is 95.7 Å². The normalized spacial score (nSPS) is 17.9. The number of carbonyl (C=O) groups excluding carboxylic acids is 1. The monoisotopic (exact) mass is 465 g/mol. The van der Waals surface area contributed by atoms with Crippen molar-refractivity contribution < 1.29 is 9.53 Å². The SMILES string of the molecule is Cc1ccc(-c2ccc3ccc(C(=O)Nc4ccc(CNC5CCOC(C)C5)cc4)nc3c2)cc1. The zero-order valence-electron chi connectivity index (χ0n) is 20.3. The molecule has 2 heterocycles. The van der Waals surface area contributed by atoms with Crippen LogP contribution in [0.1, 0.15) is 41.4 Å². The van der Waals surface area contributed by atoms with E-state index in [1.54, 1.807) is 6.07 Å². The van der Waals surface area contributed by atoms with E-state index < -0.39 is 0 Å². The lowest BCUT2D eigenvalue weighted by Gasteiger charge is -2.28. The first-order chi connectivity index (χ1) is 17.0. The van der Waals surface area contributed by atoms with Crippen LogP contribution in [0.3, 0.4) is 0 Å². The molecule has 2 atom stereocenters. The average molecular weight is 466 g/mol. The van der Waals surface area contributed by atoms with Gasteiger partial charge in [-0.05, 0) is 67.6 Å². The molecule has 1 aliphatic heterocycles. The van der Waals surface area contributed by atoms with E-state index in [1.807, 2.05) is 42.5 Å². The van der Waals surface area contributed by atoms with E-state index in [4.69, 9.17) is 4.74 Å². The summed E-state index contributed by atoms with van der Waals surface area (Å²) in [5, 5.41) is 7.60. The maximum absolute atomic E-state index is 12.9. The van der Waals surface area contributed by atoms with Gasteiger partial charge in [-0.2, -0.15) is 0 Å². The number of pyridine rings is 1.